The summed E-state index contributed by atoms with van der Waals surface area (Å²) in [7, 11) is 0. The molecular formula is C25H19Cl2N3O3. The molecule has 0 aromatic heterocycles. The van der Waals surface area contributed by atoms with E-state index in [1.54, 1.807) is 42.5 Å². The molecule has 1 heterocycles. The van der Waals surface area contributed by atoms with E-state index in [2.05, 4.69) is 10.6 Å². The van der Waals surface area contributed by atoms with Crippen molar-refractivity contribution in [3.8, 4) is 0 Å². The molecule has 3 amide bonds. The van der Waals surface area contributed by atoms with E-state index in [1.807, 2.05) is 37.3 Å². The van der Waals surface area contributed by atoms with Crippen molar-refractivity contribution in [1.29, 1.82) is 0 Å². The largest absolute Gasteiger partial charge is 0.350 e. The molecule has 1 atom stereocenters. The third-order valence-electron chi connectivity index (χ3n) is 5.13. The van der Waals surface area contributed by atoms with Crippen LogP contribution in [0.4, 0.5) is 11.4 Å². The highest BCUT2D eigenvalue weighted by molar-refractivity contribution is 6.53. The number of carbonyl (C=O) groups excluding carboxylic acids is 3. The van der Waals surface area contributed by atoms with Crippen LogP contribution in [-0.2, 0) is 9.59 Å². The van der Waals surface area contributed by atoms with Gasteiger partial charge in [0, 0.05) is 16.3 Å². The molecule has 0 saturated heterocycles. The lowest BCUT2D eigenvalue weighted by Crippen LogP contribution is -2.32. The van der Waals surface area contributed by atoms with Crippen LogP contribution < -0.4 is 15.5 Å². The van der Waals surface area contributed by atoms with Crippen molar-refractivity contribution in [2.75, 3.05) is 10.2 Å². The maximum Gasteiger partial charge on any atom is 0.283 e. The van der Waals surface area contributed by atoms with Gasteiger partial charge in [-0.15, -0.1) is 0 Å². The summed E-state index contributed by atoms with van der Waals surface area (Å²) in [6.45, 7) is 1.90. The van der Waals surface area contributed by atoms with Crippen molar-refractivity contribution in [2.45, 2.75) is 13.0 Å². The molecule has 0 radical (unpaired) electrons. The van der Waals surface area contributed by atoms with Crippen molar-refractivity contribution in [2.24, 2.45) is 0 Å². The molecule has 0 fully saturated rings. The van der Waals surface area contributed by atoms with Gasteiger partial charge < -0.3 is 10.6 Å². The first kappa shape index (κ1) is 22.6. The van der Waals surface area contributed by atoms with Gasteiger partial charge >= 0.3 is 0 Å². The van der Waals surface area contributed by atoms with Crippen molar-refractivity contribution in [3.63, 3.8) is 0 Å². The molecule has 1 aliphatic heterocycles. The summed E-state index contributed by atoms with van der Waals surface area (Å²) < 4.78 is 0. The van der Waals surface area contributed by atoms with Crippen molar-refractivity contribution >= 4 is 52.3 Å². The van der Waals surface area contributed by atoms with Gasteiger partial charge in [-0.3, -0.25) is 14.4 Å². The third-order valence-corrected chi connectivity index (χ3v) is 5.72. The first-order valence-electron chi connectivity index (χ1n) is 10.1. The first-order valence-corrected chi connectivity index (χ1v) is 10.9. The molecule has 2 N–H and O–H groups in total. The Labute approximate surface area is 200 Å². The third kappa shape index (κ3) is 4.77. The Morgan fingerprint density at radius 2 is 1.61 bits per heavy atom. The maximum absolute atomic E-state index is 12.9. The van der Waals surface area contributed by atoms with E-state index in [-0.39, 0.29) is 22.7 Å². The molecule has 0 aliphatic carbocycles. The van der Waals surface area contributed by atoms with E-state index < -0.39 is 11.8 Å². The minimum Gasteiger partial charge on any atom is -0.350 e. The maximum atomic E-state index is 12.9. The van der Waals surface area contributed by atoms with Gasteiger partial charge in [0.05, 0.1) is 11.7 Å². The minimum absolute atomic E-state index is 0.0724. The number of amides is 3. The van der Waals surface area contributed by atoms with Crippen molar-refractivity contribution in [1.82, 2.24) is 5.32 Å². The van der Waals surface area contributed by atoms with E-state index >= 15 is 0 Å². The minimum atomic E-state index is -0.656. The van der Waals surface area contributed by atoms with Gasteiger partial charge in [-0.05, 0) is 48.9 Å². The highest BCUT2D eigenvalue weighted by Gasteiger charge is 2.39. The second kappa shape index (κ2) is 9.48. The van der Waals surface area contributed by atoms with Crippen LogP contribution in [0, 0.1) is 0 Å². The topological polar surface area (TPSA) is 78.5 Å². The van der Waals surface area contributed by atoms with Gasteiger partial charge in [-0.2, -0.15) is 0 Å². The van der Waals surface area contributed by atoms with E-state index in [4.69, 9.17) is 23.2 Å². The Morgan fingerprint density at radius 3 is 2.33 bits per heavy atom. The zero-order valence-electron chi connectivity index (χ0n) is 17.5. The highest BCUT2D eigenvalue weighted by atomic mass is 35.5. The number of halogens is 2. The Bertz CT molecular complexity index is 1270. The van der Waals surface area contributed by atoms with Crippen LogP contribution in [0.3, 0.4) is 0 Å². The standard InChI is InChI=1S/C25H19Cl2N3O3/c1-15(16-7-3-2-4-8-16)28-23(31)17-9-5-11-19(13-17)29-22-21(27)24(32)30(25(22)33)20-12-6-10-18(26)14-20/h2-15,29H,1H3,(H,28,31). The molecule has 3 aromatic carbocycles. The SMILES string of the molecule is CC(NC(=O)c1cccc(NC2=C(Cl)C(=O)N(c3cccc(Cl)c3)C2=O)c1)c1ccccc1. The lowest BCUT2D eigenvalue weighted by atomic mass is 10.1. The molecule has 0 bridgehead atoms. The average Bonchev–Trinajstić information content (AvgIpc) is 3.03. The smallest absolute Gasteiger partial charge is 0.283 e. The van der Waals surface area contributed by atoms with Crippen LogP contribution >= 0.6 is 23.2 Å². The molecule has 0 spiro atoms. The van der Waals surface area contributed by atoms with Crippen LogP contribution in [0.25, 0.3) is 0 Å². The number of rotatable bonds is 6. The lowest BCUT2D eigenvalue weighted by Gasteiger charge is -2.16. The van der Waals surface area contributed by atoms with Crippen LogP contribution in [0.5, 0.6) is 0 Å². The van der Waals surface area contributed by atoms with E-state index in [0.29, 0.717) is 22.0 Å². The number of anilines is 2. The van der Waals surface area contributed by atoms with Crippen LogP contribution in [0.15, 0.2) is 89.6 Å². The number of nitrogens with one attached hydrogen (secondary N) is 2. The Balaban J connectivity index is 1.51. The Kier molecular flexibility index (Phi) is 6.49. The molecule has 166 valence electrons. The van der Waals surface area contributed by atoms with E-state index in [1.165, 1.54) is 6.07 Å². The zero-order valence-corrected chi connectivity index (χ0v) is 19.0. The summed E-state index contributed by atoms with van der Waals surface area (Å²) in [4.78, 5) is 39.3. The zero-order chi connectivity index (χ0) is 23.5. The first-order chi connectivity index (χ1) is 15.8. The lowest BCUT2D eigenvalue weighted by molar-refractivity contribution is -0.120. The summed E-state index contributed by atoms with van der Waals surface area (Å²) in [6.07, 6.45) is 0. The van der Waals surface area contributed by atoms with Gasteiger partial charge in [-0.1, -0.05) is 65.7 Å². The number of nitrogens with zero attached hydrogens (tertiary/aromatic N) is 1. The fraction of sp³-hybridized carbons (Fsp3) is 0.0800. The fourth-order valence-electron chi connectivity index (χ4n) is 3.45. The number of hydrogen-bond acceptors (Lipinski definition) is 4. The summed E-state index contributed by atoms with van der Waals surface area (Å²) in [5.74, 6) is -1.54. The van der Waals surface area contributed by atoms with Gasteiger partial charge in [0.1, 0.15) is 10.7 Å². The quantitative estimate of drug-likeness (QED) is 0.472. The molecule has 1 aliphatic rings. The van der Waals surface area contributed by atoms with Crippen LogP contribution in [-0.4, -0.2) is 17.7 Å². The number of carbonyl (C=O) groups is 3. The summed E-state index contributed by atoms with van der Waals surface area (Å²) in [5.41, 5.74) is 2.06. The Morgan fingerprint density at radius 1 is 0.879 bits per heavy atom. The molecule has 4 rings (SSSR count). The molecule has 6 nitrogen and oxygen atoms in total. The van der Waals surface area contributed by atoms with Crippen molar-refractivity contribution in [3.05, 3.63) is 106 Å². The van der Waals surface area contributed by atoms with Gasteiger partial charge in [0.25, 0.3) is 17.7 Å². The van der Waals surface area contributed by atoms with Gasteiger partial charge in [-0.25, -0.2) is 4.90 Å². The van der Waals surface area contributed by atoms with E-state index in [0.717, 1.165) is 10.5 Å². The summed E-state index contributed by atoms with van der Waals surface area (Å²) in [6, 6.07) is 22.4. The second-order valence-electron chi connectivity index (χ2n) is 7.43. The van der Waals surface area contributed by atoms with E-state index in [9.17, 15) is 14.4 Å². The van der Waals surface area contributed by atoms with Crippen LogP contribution in [0.2, 0.25) is 5.02 Å². The van der Waals surface area contributed by atoms with Gasteiger partial charge in [0.2, 0.25) is 0 Å². The fourth-order valence-corrected chi connectivity index (χ4v) is 3.85. The molecule has 33 heavy (non-hydrogen) atoms. The van der Waals surface area contributed by atoms with Gasteiger partial charge in [0.15, 0.2) is 0 Å². The highest BCUT2D eigenvalue weighted by Crippen LogP contribution is 2.31. The number of hydrogen-bond donors (Lipinski definition) is 2. The predicted octanol–water partition coefficient (Wildman–Crippen LogP) is 5.27. The summed E-state index contributed by atoms with van der Waals surface area (Å²) >= 11 is 12.2. The van der Waals surface area contributed by atoms with Crippen LogP contribution in [0.1, 0.15) is 28.9 Å². The molecule has 3 aromatic rings. The molecule has 1 unspecified atom stereocenters. The monoisotopic (exact) mass is 479 g/mol. The molecular weight excluding hydrogens is 461 g/mol. The molecule has 0 saturated carbocycles. The predicted molar refractivity (Wildman–Crippen MR) is 129 cm³/mol. The van der Waals surface area contributed by atoms with Crippen molar-refractivity contribution < 1.29 is 14.4 Å². The Hall–Kier alpha value is -3.61. The summed E-state index contributed by atoms with van der Waals surface area (Å²) in [5, 5.41) is 5.97. The number of imide groups is 1. The normalized spacial score (nSPS) is 14.5. The number of benzene rings is 3. The average molecular weight is 480 g/mol. The second-order valence-corrected chi connectivity index (χ2v) is 8.24. The molecule has 8 heteroatoms.